The Morgan fingerprint density at radius 1 is 1.10 bits per heavy atom. The average Bonchev–Trinajstić information content (AvgIpc) is 2.43. The van der Waals surface area contributed by atoms with Gasteiger partial charge in [0, 0.05) is 5.56 Å². The first kappa shape index (κ1) is 15.0. The molecule has 1 atom stereocenters. The largest absolute Gasteiger partial charge is 0.271 e. The van der Waals surface area contributed by atoms with Crippen LogP contribution in [0.15, 0.2) is 40.9 Å². The Morgan fingerprint density at radius 3 is 2.50 bits per heavy atom. The van der Waals surface area contributed by atoms with Crippen molar-refractivity contribution < 1.29 is 13.2 Å². The molecule has 0 saturated heterocycles. The number of hydrazine groups is 1. The van der Waals surface area contributed by atoms with E-state index in [1.54, 1.807) is 18.2 Å². The predicted molar refractivity (Wildman–Crippen MR) is 74.2 cm³/mol. The van der Waals surface area contributed by atoms with Crippen LogP contribution in [-0.4, -0.2) is 0 Å². The highest BCUT2D eigenvalue weighted by atomic mass is 79.9. The lowest BCUT2D eigenvalue weighted by Gasteiger charge is -2.17. The summed E-state index contributed by atoms with van der Waals surface area (Å²) in [6.45, 7) is 0. The molecule has 0 amide bonds. The van der Waals surface area contributed by atoms with Crippen LogP contribution < -0.4 is 11.3 Å². The Labute approximate surface area is 122 Å². The van der Waals surface area contributed by atoms with Gasteiger partial charge in [0.1, 0.15) is 5.82 Å². The second-order valence-electron chi connectivity index (χ2n) is 4.31. The average molecular weight is 345 g/mol. The lowest BCUT2D eigenvalue weighted by Crippen LogP contribution is -2.30. The highest BCUT2D eigenvalue weighted by Crippen LogP contribution is 2.26. The Morgan fingerprint density at radius 2 is 1.85 bits per heavy atom. The molecule has 2 aromatic rings. The van der Waals surface area contributed by atoms with Gasteiger partial charge in [0.2, 0.25) is 0 Å². The van der Waals surface area contributed by atoms with Crippen LogP contribution >= 0.6 is 15.9 Å². The lowest BCUT2D eigenvalue weighted by molar-refractivity contribution is 0.494. The van der Waals surface area contributed by atoms with Gasteiger partial charge in [-0.2, -0.15) is 0 Å². The van der Waals surface area contributed by atoms with E-state index in [9.17, 15) is 13.2 Å². The van der Waals surface area contributed by atoms with Crippen LogP contribution in [0.3, 0.4) is 0 Å². The lowest BCUT2D eigenvalue weighted by atomic mass is 9.99. The number of benzene rings is 2. The molecule has 20 heavy (non-hydrogen) atoms. The normalized spacial score (nSPS) is 12.4. The molecule has 0 aliphatic heterocycles. The summed E-state index contributed by atoms with van der Waals surface area (Å²) in [4.78, 5) is 0. The van der Waals surface area contributed by atoms with E-state index < -0.39 is 23.5 Å². The van der Waals surface area contributed by atoms with Gasteiger partial charge >= 0.3 is 0 Å². The zero-order chi connectivity index (χ0) is 14.7. The number of halogens is 4. The molecule has 0 spiro atoms. The van der Waals surface area contributed by atoms with Crippen molar-refractivity contribution in [1.29, 1.82) is 0 Å². The molecule has 0 heterocycles. The summed E-state index contributed by atoms with van der Waals surface area (Å²) >= 11 is 3.10. The van der Waals surface area contributed by atoms with Gasteiger partial charge in [0.05, 0.1) is 10.5 Å². The summed E-state index contributed by atoms with van der Waals surface area (Å²) in [5.74, 6) is 3.15. The van der Waals surface area contributed by atoms with Crippen LogP contribution in [0.1, 0.15) is 17.2 Å². The van der Waals surface area contributed by atoms with Crippen LogP contribution in [0.4, 0.5) is 13.2 Å². The standard InChI is InChI=1S/C14H12BrF3N2/c15-10-3-1-2-9(14(10)18)13(20-19)7-8-4-5-11(16)12(17)6-8/h1-6,13,20H,7,19H2. The van der Waals surface area contributed by atoms with Crippen molar-refractivity contribution >= 4 is 15.9 Å². The highest BCUT2D eigenvalue weighted by Gasteiger charge is 2.17. The summed E-state index contributed by atoms with van der Waals surface area (Å²) in [6, 6.07) is 7.85. The Hall–Kier alpha value is -1.37. The second kappa shape index (κ2) is 6.39. The van der Waals surface area contributed by atoms with Gasteiger partial charge < -0.3 is 0 Å². The molecular formula is C14H12BrF3N2. The molecule has 1 unspecified atom stereocenters. The zero-order valence-corrected chi connectivity index (χ0v) is 11.9. The van der Waals surface area contributed by atoms with Crippen LogP contribution in [0.5, 0.6) is 0 Å². The van der Waals surface area contributed by atoms with Gasteiger partial charge in [0.15, 0.2) is 11.6 Å². The fraction of sp³-hybridized carbons (Fsp3) is 0.143. The molecule has 2 rings (SSSR count). The third-order valence-electron chi connectivity index (χ3n) is 2.98. The number of hydrogen-bond donors (Lipinski definition) is 2. The van der Waals surface area contributed by atoms with Crippen LogP contribution in [-0.2, 0) is 6.42 Å². The summed E-state index contributed by atoms with van der Waals surface area (Å²) in [5, 5.41) is 0. The van der Waals surface area contributed by atoms with E-state index in [1.165, 1.54) is 6.07 Å². The molecule has 0 aliphatic carbocycles. The maximum absolute atomic E-state index is 14.0. The summed E-state index contributed by atoms with van der Waals surface area (Å²) in [7, 11) is 0. The molecule has 0 radical (unpaired) electrons. The van der Waals surface area contributed by atoms with Crippen molar-refractivity contribution in [2.45, 2.75) is 12.5 Å². The number of hydrogen-bond acceptors (Lipinski definition) is 2. The molecule has 0 aliphatic rings. The molecule has 2 aromatic carbocycles. The number of rotatable bonds is 4. The van der Waals surface area contributed by atoms with E-state index in [0.29, 0.717) is 15.6 Å². The Bertz CT molecular complexity index is 619. The summed E-state index contributed by atoms with van der Waals surface area (Å²) in [6.07, 6.45) is 0.237. The van der Waals surface area contributed by atoms with Crippen molar-refractivity contribution in [1.82, 2.24) is 5.43 Å². The van der Waals surface area contributed by atoms with Crippen molar-refractivity contribution in [2.24, 2.45) is 5.84 Å². The van der Waals surface area contributed by atoms with Gasteiger partial charge in [-0.25, -0.2) is 13.2 Å². The van der Waals surface area contributed by atoms with Gasteiger partial charge in [-0.15, -0.1) is 0 Å². The van der Waals surface area contributed by atoms with Gasteiger partial charge in [0.25, 0.3) is 0 Å². The van der Waals surface area contributed by atoms with Crippen LogP contribution in [0, 0.1) is 17.5 Å². The minimum Gasteiger partial charge on any atom is -0.271 e. The van der Waals surface area contributed by atoms with Crippen LogP contribution in [0.2, 0.25) is 0 Å². The first-order valence-corrected chi connectivity index (χ1v) is 6.66. The van der Waals surface area contributed by atoms with E-state index in [0.717, 1.165) is 12.1 Å². The van der Waals surface area contributed by atoms with Crippen molar-refractivity contribution in [3.63, 3.8) is 0 Å². The third-order valence-corrected chi connectivity index (χ3v) is 3.59. The highest BCUT2D eigenvalue weighted by molar-refractivity contribution is 9.10. The topological polar surface area (TPSA) is 38.0 Å². The van der Waals surface area contributed by atoms with E-state index in [1.807, 2.05) is 0 Å². The van der Waals surface area contributed by atoms with Crippen molar-refractivity contribution in [3.05, 3.63) is 69.4 Å². The maximum Gasteiger partial charge on any atom is 0.159 e. The first-order valence-electron chi connectivity index (χ1n) is 5.87. The molecule has 2 nitrogen and oxygen atoms in total. The molecule has 0 fully saturated rings. The van der Waals surface area contributed by atoms with Crippen LogP contribution in [0.25, 0.3) is 0 Å². The Balaban J connectivity index is 2.28. The smallest absolute Gasteiger partial charge is 0.159 e. The Kier molecular flexibility index (Phi) is 4.80. The SMILES string of the molecule is NNC(Cc1ccc(F)c(F)c1)c1cccc(Br)c1F. The third kappa shape index (κ3) is 3.20. The van der Waals surface area contributed by atoms with E-state index in [-0.39, 0.29) is 6.42 Å². The van der Waals surface area contributed by atoms with E-state index in [2.05, 4.69) is 21.4 Å². The molecule has 106 valence electrons. The van der Waals surface area contributed by atoms with E-state index >= 15 is 0 Å². The summed E-state index contributed by atoms with van der Waals surface area (Å²) < 4.78 is 40.4. The molecule has 6 heteroatoms. The predicted octanol–water partition coefficient (Wildman–Crippen LogP) is 3.61. The van der Waals surface area contributed by atoms with Gasteiger partial charge in [-0.05, 0) is 46.1 Å². The fourth-order valence-corrected chi connectivity index (χ4v) is 2.33. The quantitative estimate of drug-likeness (QED) is 0.656. The monoisotopic (exact) mass is 344 g/mol. The minimum absolute atomic E-state index is 0.237. The minimum atomic E-state index is -0.937. The molecular weight excluding hydrogens is 333 g/mol. The maximum atomic E-state index is 14.0. The molecule has 0 aromatic heterocycles. The second-order valence-corrected chi connectivity index (χ2v) is 5.17. The van der Waals surface area contributed by atoms with E-state index in [4.69, 9.17) is 5.84 Å². The van der Waals surface area contributed by atoms with Gasteiger partial charge in [-0.1, -0.05) is 18.2 Å². The number of nitrogens with two attached hydrogens (primary N) is 1. The van der Waals surface area contributed by atoms with Crippen molar-refractivity contribution in [2.75, 3.05) is 0 Å². The number of nitrogens with one attached hydrogen (secondary N) is 1. The summed E-state index contributed by atoms with van der Waals surface area (Å²) in [5.41, 5.74) is 3.36. The van der Waals surface area contributed by atoms with Gasteiger partial charge in [-0.3, -0.25) is 11.3 Å². The zero-order valence-electron chi connectivity index (χ0n) is 10.3. The molecule has 0 saturated carbocycles. The van der Waals surface area contributed by atoms with Crippen molar-refractivity contribution in [3.8, 4) is 0 Å². The fourth-order valence-electron chi connectivity index (χ4n) is 1.95. The molecule has 3 N–H and O–H groups in total. The first-order chi connectivity index (χ1) is 9.52. The molecule has 0 bridgehead atoms.